The molecule has 5 heteroatoms. The first kappa shape index (κ1) is 17.5. The van der Waals surface area contributed by atoms with Crippen LogP contribution in [0.2, 0.25) is 0 Å². The molecule has 5 nitrogen and oxygen atoms in total. The molecule has 1 N–H and O–H groups in total. The van der Waals surface area contributed by atoms with Crippen LogP contribution < -0.4 is 0 Å². The molecule has 0 unspecified atom stereocenters. The second kappa shape index (κ2) is 8.11. The number of carbonyl (C=O) groups is 2. The Morgan fingerprint density at radius 2 is 1.87 bits per heavy atom. The van der Waals surface area contributed by atoms with Crippen LogP contribution in [0.25, 0.3) is 0 Å². The van der Waals surface area contributed by atoms with Gasteiger partial charge >= 0.3 is 5.97 Å². The van der Waals surface area contributed by atoms with Gasteiger partial charge in [0.2, 0.25) is 5.91 Å². The zero-order chi connectivity index (χ0) is 16.8. The van der Waals surface area contributed by atoms with Crippen molar-refractivity contribution in [3.8, 4) is 0 Å². The number of rotatable bonds is 6. The number of aromatic carboxylic acids is 1. The third-order valence-corrected chi connectivity index (χ3v) is 4.66. The average molecular weight is 318 g/mol. The second-order valence-corrected chi connectivity index (χ2v) is 6.07. The first-order valence-electron chi connectivity index (χ1n) is 8.38. The van der Waals surface area contributed by atoms with Crippen LogP contribution in [0.1, 0.15) is 48.5 Å². The first-order chi connectivity index (χ1) is 11.0. The summed E-state index contributed by atoms with van der Waals surface area (Å²) in [7, 11) is 0. The van der Waals surface area contributed by atoms with E-state index in [-0.39, 0.29) is 5.91 Å². The second-order valence-electron chi connectivity index (χ2n) is 6.07. The van der Waals surface area contributed by atoms with Crippen molar-refractivity contribution in [2.75, 3.05) is 32.7 Å². The molecule has 23 heavy (non-hydrogen) atoms. The number of piperidine rings is 1. The number of likely N-dealkylation sites (tertiary alicyclic amines) is 1. The third kappa shape index (κ3) is 4.55. The van der Waals surface area contributed by atoms with Crippen molar-refractivity contribution in [2.45, 2.75) is 32.6 Å². The van der Waals surface area contributed by atoms with Crippen molar-refractivity contribution in [2.24, 2.45) is 0 Å². The zero-order valence-corrected chi connectivity index (χ0v) is 14.0. The lowest BCUT2D eigenvalue weighted by Crippen LogP contribution is -2.44. The molecule has 2 rings (SSSR count). The summed E-state index contributed by atoms with van der Waals surface area (Å²) in [6.07, 6.45) is 2.04. The summed E-state index contributed by atoms with van der Waals surface area (Å²) < 4.78 is 0. The number of benzene rings is 1. The third-order valence-electron chi connectivity index (χ3n) is 4.66. The number of carboxylic acids is 1. The Morgan fingerprint density at radius 3 is 2.43 bits per heavy atom. The van der Waals surface area contributed by atoms with Crippen LogP contribution in [0.4, 0.5) is 0 Å². The van der Waals surface area contributed by atoms with Gasteiger partial charge in [0, 0.05) is 19.0 Å². The molecule has 1 saturated heterocycles. The van der Waals surface area contributed by atoms with Gasteiger partial charge in [0.1, 0.15) is 0 Å². The number of amides is 1. The van der Waals surface area contributed by atoms with Crippen molar-refractivity contribution < 1.29 is 14.7 Å². The molecule has 1 aromatic rings. The Bertz CT molecular complexity index is 538. The molecule has 0 saturated carbocycles. The minimum absolute atomic E-state index is 0.195. The maximum atomic E-state index is 12.5. The predicted molar refractivity (Wildman–Crippen MR) is 89.7 cm³/mol. The largest absolute Gasteiger partial charge is 0.478 e. The van der Waals surface area contributed by atoms with Gasteiger partial charge in [0.05, 0.1) is 12.1 Å². The van der Waals surface area contributed by atoms with Gasteiger partial charge in [-0.2, -0.15) is 0 Å². The van der Waals surface area contributed by atoms with Crippen molar-refractivity contribution in [1.29, 1.82) is 0 Å². The lowest BCUT2D eigenvalue weighted by atomic mass is 9.90. The minimum Gasteiger partial charge on any atom is -0.478 e. The van der Waals surface area contributed by atoms with E-state index in [1.165, 1.54) is 0 Å². The van der Waals surface area contributed by atoms with Gasteiger partial charge in [-0.25, -0.2) is 4.79 Å². The Balaban J connectivity index is 1.99. The van der Waals surface area contributed by atoms with Gasteiger partial charge in [-0.3, -0.25) is 9.69 Å². The summed E-state index contributed by atoms with van der Waals surface area (Å²) in [5.74, 6) is -0.413. The lowest BCUT2D eigenvalue weighted by Gasteiger charge is -2.34. The fourth-order valence-electron chi connectivity index (χ4n) is 3.11. The Morgan fingerprint density at radius 1 is 1.22 bits per heavy atom. The smallest absolute Gasteiger partial charge is 0.335 e. The number of hydrogen-bond donors (Lipinski definition) is 1. The summed E-state index contributed by atoms with van der Waals surface area (Å²) in [4.78, 5) is 27.5. The van der Waals surface area contributed by atoms with Crippen LogP contribution in [-0.4, -0.2) is 59.5 Å². The van der Waals surface area contributed by atoms with Crippen molar-refractivity contribution in [3.63, 3.8) is 0 Å². The van der Waals surface area contributed by atoms with Gasteiger partial charge < -0.3 is 10.0 Å². The van der Waals surface area contributed by atoms with Crippen LogP contribution in [0.3, 0.4) is 0 Å². The van der Waals surface area contributed by atoms with E-state index in [4.69, 9.17) is 5.11 Å². The van der Waals surface area contributed by atoms with E-state index in [0.717, 1.165) is 44.6 Å². The molecule has 1 heterocycles. The summed E-state index contributed by atoms with van der Waals surface area (Å²) in [6, 6.07) is 7.06. The number of carboxylic acid groups (broad SMARTS) is 1. The normalized spacial score (nSPS) is 18.2. The molecule has 1 aliphatic heterocycles. The fraction of sp³-hybridized carbons (Fsp3) is 0.556. The highest BCUT2D eigenvalue weighted by molar-refractivity contribution is 5.87. The molecule has 1 atom stereocenters. The molecule has 126 valence electrons. The maximum absolute atomic E-state index is 12.5. The molecule has 1 aliphatic rings. The zero-order valence-electron chi connectivity index (χ0n) is 14.0. The van der Waals surface area contributed by atoms with Crippen LogP contribution in [0, 0.1) is 0 Å². The highest BCUT2D eigenvalue weighted by atomic mass is 16.4. The van der Waals surface area contributed by atoms with Gasteiger partial charge in [0.25, 0.3) is 0 Å². The standard InChI is InChI=1S/C18H26N2O3/c1-3-19(4-2)13-17(21)20-11-5-6-16(12-20)14-7-9-15(10-8-14)18(22)23/h7-10,16H,3-6,11-13H2,1-2H3,(H,22,23)/t16-/m0/s1. The highest BCUT2D eigenvalue weighted by Crippen LogP contribution is 2.27. The van der Waals surface area contributed by atoms with Crippen molar-refractivity contribution >= 4 is 11.9 Å². The van der Waals surface area contributed by atoms with Crippen LogP contribution >= 0.6 is 0 Å². The molecule has 0 aliphatic carbocycles. The fourth-order valence-corrected chi connectivity index (χ4v) is 3.11. The number of likely N-dealkylation sites (N-methyl/N-ethyl adjacent to an activating group) is 1. The summed E-state index contributed by atoms with van der Waals surface area (Å²) in [5, 5.41) is 8.97. The molecule has 0 aromatic heterocycles. The van der Waals surface area contributed by atoms with E-state index in [1.54, 1.807) is 12.1 Å². The summed E-state index contributed by atoms with van der Waals surface area (Å²) >= 11 is 0. The lowest BCUT2D eigenvalue weighted by molar-refractivity contribution is -0.133. The van der Waals surface area contributed by atoms with E-state index in [0.29, 0.717) is 18.0 Å². The molecular formula is C18H26N2O3. The van der Waals surface area contributed by atoms with Crippen LogP contribution in [0.15, 0.2) is 24.3 Å². The molecule has 1 aromatic carbocycles. The number of hydrogen-bond acceptors (Lipinski definition) is 3. The minimum atomic E-state index is -0.906. The summed E-state index contributed by atoms with van der Waals surface area (Å²) in [6.45, 7) is 7.94. The SMILES string of the molecule is CCN(CC)CC(=O)N1CCC[C@H](c2ccc(C(=O)O)cc2)C1. The van der Waals surface area contributed by atoms with Gasteiger partial charge in [-0.1, -0.05) is 26.0 Å². The summed E-state index contributed by atoms with van der Waals surface area (Å²) in [5.41, 5.74) is 1.43. The monoisotopic (exact) mass is 318 g/mol. The average Bonchev–Trinajstić information content (AvgIpc) is 2.59. The highest BCUT2D eigenvalue weighted by Gasteiger charge is 2.25. The number of carbonyl (C=O) groups excluding carboxylic acids is 1. The Hall–Kier alpha value is -1.88. The Kier molecular flexibility index (Phi) is 6.16. The molecule has 1 amide bonds. The van der Waals surface area contributed by atoms with Crippen LogP contribution in [-0.2, 0) is 4.79 Å². The number of nitrogens with zero attached hydrogens (tertiary/aromatic N) is 2. The van der Waals surface area contributed by atoms with E-state index in [9.17, 15) is 9.59 Å². The van der Waals surface area contributed by atoms with Crippen molar-refractivity contribution in [3.05, 3.63) is 35.4 Å². The maximum Gasteiger partial charge on any atom is 0.335 e. The van der Waals surface area contributed by atoms with E-state index < -0.39 is 5.97 Å². The van der Waals surface area contributed by atoms with Gasteiger partial charge in [-0.05, 0) is 43.6 Å². The molecule has 0 radical (unpaired) electrons. The van der Waals surface area contributed by atoms with Gasteiger partial charge in [0.15, 0.2) is 0 Å². The molecule has 0 spiro atoms. The van der Waals surface area contributed by atoms with Crippen LogP contribution in [0.5, 0.6) is 0 Å². The molecule has 0 bridgehead atoms. The Labute approximate surface area is 137 Å². The van der Waals surface area contributed by atoms with Gasteiger partial charge in [-0.15, -0.1) is 0 Å². The topological polar surface area (TPSA) is 60.9 Å². The van der Waals surface area contributed by atoms with E-state index >= 15 is 0 Å². The first-order valence-corrected chi connectivity index (χ1v) is 8.38. The molecule has 1 fully saturated rings. The van der Waals surface area contributed by atoms with Crippen molar-refractivity contribution in [1.82, 2.24) is 9.80 Å². The predicted octanol–water partition coefficient (Wildman–Crippen LogP) is 2.43. The quantitative estimate of drug-likeness (QED) is 0.875. The van der Waals surface area contributed by atoms with E-state index in [2.05, 4.69) is 18.7 Å². The van der Waals surface area contributed by atoms with E-state index in [1.807, 2.05) is 17.0 Å². The molecular weight excluding hydrogens is 292 g/mol.